The number of ether oxygens (including phenoxy) is 1. The molecule has 10 heteroatoms. The molecule has 2 rings (SSSR count). The Morgan fingerprint density at radius 2 is 2.00 bits per heavy atom. The molecule has 132 valence electrons. The molecular weight excluding hydrogens is 346 g/mol. The van der Waals surface area contributed by atoms with Crippen molar-refractivity contribution < 1.29 is 17.9 Å². The lowest BCUT2D eigenvalue weighted by atomic mass is 10.2. The Hall–Kier alpha value is -3.03. The smallest absolute Gasteiger partial charge is 0.357 e. The minimum Gasteiger partial charge on any atom is -0.464 e. The van der Waals surface area contributed by atoms with Gasteiger partial charge in [0.2, 0.25) is 10.0 Å². The van der Waals surface area contributed by atoms with Crippen LogP contribution >= 0.6 is 0 Å². The van der Waals surface area contributed by atoms with E-state index in [-0.39, 0.29) is 21.8 Å². The molecule has 1 aromatic carbocycles. The minimum absolute atomic E-state index is 0.0555. The van der Waals surface area contributed by atoms with Crippen LogP contribution in [0.25, 0.3) is 5.69 Å². The second kappa shape index (κ2) is 6.46. The third kappa shape index (κ3) is 3.28. The number of methoxy groups -OCH3 is 1. The lowest BCUT2D eigenvalue weighted by molar-refractivity contribution is 0.0593. The lowest BCUT2D eigenvalue weighted by Crippen LogP contribution is -2.18. The summed E-state index contributed by atoms with van der Waals surface area (Å²) in [4.78, 5) is 13.7. The monoisotopic (exact) mass is 363 g/mol. The molecule has 1 aromatic heterocycles. The van der Waals surface area contributed by atoms with Crippen molar-refractivity contribution in [3.8, 4) is 11.8 Å². The summed E-state index contributed by atoms with van der Waals surface area (Å²) in [5, 5.41) is 14.4. The summed E-state index contributed by atoms with van der Waals surface area (Å²) in [5.74, 6) is -0.760. The van der Waals surface area contributed by atoms with E-state index in [4.69, 9.17) is 15.6 Å². The van der Waals surface area contributed by atoms with Crippen LogP contribution in [0, 0.1) is 11.3 Å². The molecule has 0 aliphatic heterocycles. The Balaban J connectivity index is 2.90. The normalized spacial score (nSPS) is 11.0. The highest BCUT2D eigenvalue weighted by molar-refractivity contribution is 7.89. The topological polar surface area (TPSA) is 144 Å². The zero-order valence-electron chi connectivity index (χ0n) is 13.8. The Morgan fingerprint density at radius 3 is 2.48 bits per heavy atom. The van der Waals surface area contributed by atoms with Crippen molar-refractivity contribution in [2.45, 2.75) is 4.90 Å². The molecule has 0 unspecified atom stereocenters. The van der Waals surface area contributed by atoms with E-state index < -0.39 is 16.0 Å². The first-order chi connectivity index (χ1) is 11.6. The molecule has 0 saturated carbocycles. The van der Waals surface area contributed by atoms with Gasteiger partial charge in [0, 0.05) is 20.3 Å². The summed E-state index contributed by atoms with van der Waals surface area (Å²) in [5.41, 5.74) is 6.70. The number of nitrogen functional groups attached to an aromatic ring is 1. The van der Waals surface area contributed by atoms with E-state index >= 15 is 0 Å². The maximum Gasteiger partial charge on any atom is 0.357 e. The van der Waals surface area contributed by atoms with Gasteiger partial charge in [0.25, 0.3) is 0 Å². The van der Waals surface area contributed by atoms with Gasteiger partial charge in [-0.25, -0.2) is 18.4 Å². The summed E-state index contributed by atoms with van der Waals surface area (Å²) < 4.78 is 29.4. The first-order valence-electron chi connectivity index (χ1n) is 6.95. The number of carbonyl (C=O) groups excluding carboxylic acids is 1. The van der Waals surface area contributed by atoms with Gasteiger partial charge < -0.3 is 19.9 Å². The van der Waals surface area contributed by atoms with Gasteiger partial charge in [-0.15, -0.1) is 0 Å². The van der Waals surface area contributed by atoms with Crippen molar-refractivity contribution in [3.05, 3.63) is 35.7 Å². The zero-order chi connectivity index (χ0) is 18.9. The summed E-state index contributed by atoms with van der Waals surface area (Å²) in [6.45, 7) is 0. The van der Waals surface area contributed by atoms with E-state index in [1.165, 1.54) is 30.0 Å². The predicted molar refractivity (Wildman–Crippen MR) is 91.9 cm³/mol. The van der Waals surface area contributed by atoms with Crippen molar-refractivity contribution >= 4 is 27.4 Å². The van der Waals surface area contributed by atoms with Gasteiger partial charge in [-0.1, -0.05) is 0 Å². The molecule has 9 nitrogen and oxygen atoms in total. The van der Waals surface area contributed by atoms with Gasteiger partial charge >= 0.3 is 5.97 Å². The van der Waals surface area contributed by atoms with Crippen molar-refractivity contribution in [1.29, 1.82) is 5.26 Å². The van der Waals surface area contributed by atoms with Crippen LogP contribution in [0.3, 0.4) is 0 Å². The fraction of sp³-hybridized carbons (Fsp3) is 0.200. The number of primary sulfonamides is 1. The summed E-state index contributed by atoms with van der Waals surface area (Å²) >= 11 is 0. The quantitative estimate of drug-likeness (QED) is 0.749. The number of nitriles is 1. The van der Waals surface area contributed by atoms with Crippen LogP contribution in [-0.4, -0.2) is 40.2 Å². The second-order valence-corrected chi connectivity index (χ2v) is 6.93. The van der Waals surface area contributed by atoms with E-state index in [2.05, 4.69) is 0 Å². The first kappa shape index (κ1) is 18.3. The van der Waals surface area contributed by atoms with Crippen molar-refractivity contribution in [2.75, 3.05) is 31.8 Å². The SMILES string of the molecule is COC(=O)c1c(N)c(C#N)cn1-c1cc(S(N)(=O)=O)ccc1N(C)C. The molecule has 25 heavy (non-hydrogen) atoms. The number of aromatic nitrogens is 1. The number of nitrogens with zero attached hydrogens (tertiary/aromatic N) is 3. The van der Waals surface area contributed by atoms with Crippen molar-refractivity contribution in [1.82, 2.24) is 4.57 Å². The Kier molecular flexibility index (Phi) is 4.73. The van der Waals surface area contributed by atoms with Gasteiger partial charge in [0.15, 0.2) is 5.69 Å². The van der Waals surface area contributed by atoms with E-state index in [9.17, 15) is 18.5 Å². The molecule has 0 amide bonds. The molecule has 0 spiro atoms. The number of esters is 1. The molecule has 0 fully saturated rings. The molecular formula is C15H17N5O4S. The van der Waals surface area contributed by atoms with Crippen molar-refractivity contribution in [3.63, 3.8) is 0 Å². The fourth-order valence-electron chi connectivity index (χ4n) is 2.36. The summed E-state index contributed by atoms with van der Waals surface area (Å²) in [6, 6.07) is 6.08. The van der Waals surface area contributed by atoms with Crippen LogP contribution in [0.5, 0.6) is 0 Å². The number of sulfonamides is 1. The van der Waals surface area contributed by atoms with E-state index in [0.29, 0.717) is 11.4 Å². The van der Waals surface area contributed by atoms with Crippen LogP contribution < -0.4 is 15.8 Å². The van der Waals surface area contributed by atoms with Crippen LogP contribution in [0.2, 0.25) is 0 Å². The maximum atomic E-state index is 12.1. The van der Waals surface area contributed by atoms with Gasteiger partial charge in [-0.05, 0) is 18.2 Å². The largest absolute Gasteiger partial charge is 0.464 e. The molecule has 0 bridgehead atoms. The highest BCUT2D eigenvalue weighted by Crippen LogP contribution is 2.31. The number of benzene rings is 1. The number of carbonyl (C=O) groups is 1. The third-order valence-electron chi connectivity index (χ3n) is 3.56. The predicted octanol–water partition coefficient (Wildman–Crippen LogP) is 0.431. The molecule has 0 aliphatic carbocycles. The minimum atomic E-state index is -3.97. The average molecular weight is 363 g/mol. The van der Waals surface area contributed by atoms with Crippen LogP contribution in [0.1, 0.15) is 16.1 Å². The zero-order valence-corrected chi connectivity index (χ0v) is 14.7. The van der Waals surface area contributed by atoms with Crippen molar-refractivity contribution in [2.24, 2.45) is 5.14 Å². The Labute approximate surface area is 145 Å². The average Bonchev–Trinajstić information content (AvgIpc) is 2.89. The lowest BCUT2D eigenvalue weighted by Gasteiger charge is -2.20. The molecule has 1 heterocycles. The number of hydrogen-bond donors (Lipinski definition) is 2. The fourth-order valence-corrected chi connectivity index (χ4v) is 2.89. The molecule has 0 atom stereocenters. The second-order valence-electron chi connectivity index (χ2n) is 5.37. The highest BCUT2D eigenvalue weighted by Gasteiger charge is 2.24. The number of rotatable bonds is 4. The van der Waals surface area contributed by atoms with Gasteiger partial charge in [-0.3, -0.25) is 0 Å². The number of anilines is 2. The maximum absolute atomic E-state index is 12.1. The Morgan fingerprint density at radius 1 is 1.36 bits per heavy atom. The van der Waals surface area contributed by atoms with E-state index in [1.54, 1.807) is 25.1 Å². The molecule has 2 aromatic rings. The Bertz CT molecular complexity index is 986. The molecule has 0 radical (unpaired) electrons. The van der Waals surface area contributed by atoms with Gasteiger partial charge in [0.1, 0.15) is 6.07 Å². The number of hydrogen-bond acceptors (Lipinski definition) is 7. The standard InChI is InChI=1S/C15H17N5O4S/c1-19(2)11-5-4-10(25(18,22)23)6-12(11)20-8-9(7-16)13(17)14(20)15(21)24-3/h4-6,8H,17H2,1-3H3,(H2,18,22,23). The highest BCUT2D eigenvalue weighted by atomic mass is 32.2. The molecule has 0 saturated heterocycles. The van der Waals surface area contributed by atoms with Gasteiger partial charge in [-0.2, -0.15) is 5.26 Å². The van der Waals surface area contributed by atoms with E-state index in [0.717, 1.165) is 0 Å². The van der Waals surface area contributed by atoms with Crippen LogP contribution in [0.4, 0.5) is 11.4 Å². The van der Waals surface area contributed by atoms with E-state index in [1.807, 2.05) is 6.07 Å². The van der Waals surface area contributed by atoms with Gasteiger partial charge in [0.05, 0.1) is 34.6 Å². The third-order valence-corrected chi connectivity index (χ3v) is 4.47. The number of nitrogens with two attached hydrogens (primary N) is 2. The first-order valence-corrected chi connectivity index (χ1v) is 8.50. The summed E-state index contributed by atoms with van der Waals surface area (Å²) in [7, 11) is 0.695. The van der Waals surface area contributed by atoms with Crippen LogP contribution in [0.15, 0.2) is 29.3 Å². The molecule has 0 aliphatic rings. The summed E-state index contributed by atoms with van der Waals surface area (Å²) in [6.07, 6.45) is 1.34. The van der Waals surface area contributed by atoms with Crippen LogP contribution in [-0.2, 0) is 14.8 Å². The molecule has 4 N–H and O–H groups in total.